The van der Waals surface area contributed by atoms with E-state index in [0.29, 0.717) is 0 Å². The van der Waals surface area contributed by atoms with Crippen LogP contribution >= 0.6 is 9.39 Å². The zero-order chi connectivity index (χ0) is 14.7. The first-order valence-electron chi connectivity index (χ1n) is 6.94. The molecule has 0 radical (unpaired) electrons. The molecule has 0 N–H and O–H groups in total. The SMILES string of the molecule is Cc1ccc2c(c1)c(B1OC(C)(C)C(C)(C)O1)cn2P. The highest BCUT2D eigenvalue weighted by Gasteiger charge is 2.52. The van der Waals surface area contributed by atoms with Gasteiger partial charge in [0.2, 0.25) is 0 Å². The predicted octanol–water partition coefficient (Wildman–Crippen LogP) is 2.89. The number of aromatic nitrogens is 1. The van der Waals surface area contributed by atoms with Gasteiger partial charge in [0.1, 0.15) is 0 Å². The lowest BCUT2D eigenvalue weighted by Gasteiger charge is -2.32. The highest BCUT2D eigenvalue weighted by molar-refractivity contribution is 7.15. The second-order valence-corrected chi connectivity index (χ2v) is 7.16. The van der Waals surface area contributed by atoms with E-state index in [4.69, 9.17) is 9.31 Å². The van der Waals surface area contributed by atoms with E-state index >= 15 is 0 Å². The molecule has 0 aliphatic carbocycles. The Balaban J connectivity index is 2.10. The van der Waals surface area contributed by atoms with Gasteiger partial charge < -0.3 is 13.6 Å². The maximum absolute atomic E-state index is 6.17. The Hall–Kier alpha value is -0.825. The highest BCUT2D eigenvalue weighted by atomic mass is 31.0. The fourth-order valence-electron chi connectivity index (χ4n) is 2.55. The van der Waals surface area contributed by atoms with Crippen molar-refractivity contribution < 1.29 is 9.31 Å². The van der Waals surface area contributed by atoms with E-state index in [1.807, 2.05) is 0 Å². The molecule has 3 nitrogen and oxygen atoms in total. The third-order valence-electron chi connectivity index (χ3n) is 4.53. The molecule has 20 heavy (non-hydrogen) atoms. The van der Waals surface area contributed by atoms with Gasteiger partial charge in [0.05, 0.1) is 16.7 Å². The third kappa shape index (κ3) is 2.02. The molecule has 1 aromatic heterocycles. The second-order valence-electron chi connectivity index (χ2n) is 6.60. The molecule has 3 rings (SSSR count). The lowest BCUT2D eigenvalue weighted by Crippen LogP contribution is -2.41. The van der Waals surface area contributed by atoms with Crippen molar-refractivity contribution in [3.8, 4) is 0 Å². The van der Waals surface area contributed by atoms with E-state index in [-0.39, 0.29) is 18.3 Å². The van der Waals surface area contributed by atoms with Gasteiger partial charge in [0.25, 0.3) is 0 Å². The summed E-state index contributed by atoms with van der Waals surface area (Å²) in [6, 6.07) is 6.44. The molecule has 0 saturated carbocycles. The molecule has 1 aliphatic rings. The van der Waals surface area contributed by atoms with Crippen LogP contribution in [-0.2, 0) is 9.31 Å². The van der Waals surface area contributed by atoms with E-state index in [0.717, 1.165) is 5.46 Å². The van der Waals surface area contributed by atoms with Crippen molar-refractivity contribution in [1.29, 1.82) is 0 Å². The maximum atomic E-state index is 6.17. The van der Waals surface area contributed by atoms with E-state index in [2.05, 4.69) is 72.7 Å². The molecule has 0 bridgehead atoms. The number of hydrogen-bond acceptors (Lipinski definition) is 2. The molecular weight excluding hydrogens is 268 g/mol. The minimum Gasteiger partial charge on any atom is -0.399 e. The van der Waals surface area contributed by atoms with Crippen LogP contribution < -0.4 is 5.46 Å². The third-order valence-corrected chi connectivity index (χ3v) is 4.95. The molecule has 0 spiro atoms. The van der Waals surface area contributed by atoms with E-state index in [1.54, 1.807) is 0 Å². The van der Waals surface area contributed by atoms with Gasteiger partial charge >= 0.3 is 7.12 Å². The van der Waals surface area contributed by atoms with Crippen molar-refractivity contribution in [2.75, 3.05) is 0 Å². The maximum Gasteiger partial charge on any atom is 0.497 e. The highest BCUT2D eigenvalue weighted by Crippen LogP contribution is 2.37. The van der Waals surface area contributed by atoms with Gasteiger partial charge in [0, 0.05) is 11.7 Å². The first-order valence-corrected chi connectivity index (χ1v) is 7.45. The summed E-state index contributed by atoms with van der Waals surface area (Å²) < 4.78 is 14.4. The van der Waals surface area contributed by atoms with Gasteiger partial charge in [-0.25, -0.2) is 0 Å². The Bertz CT molecular complexity index is 662. The Labute approximate surface area is 123 Å². The van der Waals surface area contributed by atoms with E-state index in [1.165, 1.54) is 16.5 Å². The molecule has 2 heterocycles. The van der Waals surface area contributed by atoms with Gasteiger partial charge in [-0.15, -0.1) is 0 Å². The number of fused-ring (bicyclic) bond motifs is 1. The molecule has 1 saturated heterocycles. The van der Waals surface area contributed by atoms with Crippen molar-refractivity contribution in [3.05, 3.63) is 30.0 Å². The largest absolute Gasteiger partial charge is 0.497 e. The lowest BCUT2D eigenvalue weighted by molar-refractivity contribution is 0.00578. The van der Waals surface area contributed by atoms with Crippen molar-refractivity contribution >= 4 is 32.9 Å². The second kappa shape index (κ2) is 4.33. The molecule has 5 heteroatoms. The molecule has 0 amide bonds. The molecule has 1 aromatic carbocycles. The van der Waals surface area contributed by atoms with Gasteiger partial charge in [-0.05, 0) is 55.5 Å². The minimum atomic E-state index is -0.314. The van der Waals surface area contributed by atoms with Crippen LogP contribution in [0.25, 0.3) is 10.9 Å². The summed E-state index contributed by atoms with van der Waals surface area (Å²) >= 11 is 0. The molecule has 2 aromatic rings. The van der Waals surface area contributed by atoms with Crippen LogP contribution in [-0.4, -0.2) is 22.7 Å². The van der Waals surface area contributed by atoms with Crippen molar-refractivity contribution in [2.24, 2.45) is 0 Å². The zero-order valence-corrected chi connectivity index (χ0v) is 13.9. The van der Waals surface area contributed by atoms with Crippen LogP contribution in [0.15, 0.2) is 24.4 Å². The molecule has 1 fully saturated rings. The Kier molecular flexibility index (Phi) is 3.06. The lowest BCUT2D eigenvalue weighted by atomic mass is 9.79. The fraction of sp³-hybridized carbons (Fsp3) is 0.467. The fourth-order valence-corrected chi connectivity index (χ4v) is 2.94. The number of aryl methyl sites for hydroxylation is 1. The zero-order valence-electron chi connectivity index (χ0n) is 12.7. The van der Waals surface area contributed by atoms with Crippen LogP contribution in [0, 0.1) is 6.92 Å². The first kappa shape index (κ1) is 14.1. The van der Waals surface area contributed by atoms with Gasteiger partial charge in [-0.1, -0.05) is 17.7 Å². The summed E-state index contributed by atoms with van der Waals surface area (Å²) in [7, 11) is 2.41. The summed E-state index contributed by atoms with van der Waals surface area (Å²) in [6.07, 6.45) is 2.08. The summed E-state index contributed by atoms with van der Waals surface area (Å²) in [5.74, 6) is 0. The van der Waals surface area contributed by atoms with Crippen LogP contribution in [0.2, 0.25) is 0 Å². The summed E-state index contributed by atoms with van der Waals surface area (Å²) in [5, 5.41) is 1.19. The van der Waals surface area contributed by atoms with Crippen molar-refractivity contribution in [2.45, 2.75) is 45.8 Å². The number of hydrogen-bond donors (Lipinski definition) is 0. The Morgan fingerprint density at radius 2 is 1.70 bits per heavy atom. The average Bonchev–Trinajstić information content (AvgIpc) is 2.74. The molecule has 106 valence electrons. The van der Waals surface area contributed by atoms with E-state index in [9.17, 15) is 0 Å². The standard InChI is InChI=1S/C15H21BNO2P/c1-10-6-7-13-11(8-10)12(9-17(13)20)16-18-14(2,3)15(4,5)19-16/h6-9H,20H2,1-5H3. The first-order chi connectivity index (χ1) is 9.21. The monoisotopic (exact) mass is 289 g/mol. The quantitative estimate of drug-likeness (QED) is 0.595. The Morgan fingerprint density at radius 1 is 1.10 bits per heavy atom. The minimum absolute atomic E-state index is 0.309. The summed E-state index contributed by atoms with van der Waals surface area (Å²) in [4.78, 5) is 0. The number of nitrogens with zero attached hydrogens (tertiary/aromatic N) is 1. The van der Waals surface area contributed by atoms with Crippen LogP contribution in [0.3, 0.4) is 0 Å². The topological polar surface area (TPSA) is 23.4 Å². The number of rotatable bonds is 1. The Morgan fingerprint density at radius 3 is 2.30 bits per heavy atom. The smallest absolute Gasteiger partial charge is 0.399 e. The predicted molar refractivity (Wildman–Crippen MR) is 87.5 cm³/mol. The molecule has 1 aliphatic heterocycles. The number of benzene rings is 1. The van der Waals surface area contributed by atoms with Crippen molar-refractivity contribution in [3.63, 3.8) is 0 Å². The van der Waals surface area contributed by atoms with Gasteiger partial charge in [0.15, 0.2) is 0 Å². The molecular formula is C15H21BNO2P. The molecule has 1 atom stereocenters. The van der Waals surface area contributed by atoms with Gasteiger partial charge in [-0.3, -0.25) is 0 Å². The normalized spacial score (nSPS) is 20.8. The summed E-state index contributed by atoms with van der Waals surface area (Å²) in [6.45, 7) is 10.4. The van der Waals surface area contributed by atoms with Crippen LogP contribution in [0.4, 0.5) is 0 Å². The van der Waals surface area contributed by atoms with Crippen molar-refractivity contribution in [1.82, 2.24) is 4.34 Å². The van der Waals surface area contributed by atoms with Gasteiger partial charge in [-0.2, -0.15) is 0 Å². The average molecular weight is 289 g/mol. The molecule has 1 unspecified atom stereocenters. The van der Waals surface area contributed by atoms with Crippen LogP contribution in [0.1, 0.15) is 33.3 Å². The van der Waals surface area contributed by atoms with Crippen LogP contribution in [0.5, 0.6) is 0 Å². The van der Waals surface area contributed by atoms with E-state index < -0.39 is 0 Å². The summed E-state index contributed by atoms with van der Waals surface area (Å²) in [5.41, 5.74) is 2.89.